The minimum atomic E-state index is -0.544. The number of thioether (sulfide) groups is 1. The first-order valence-electron chi connectivity index (χ1n) is 8.17. The highest BCUT2D eigenvalue weighted by atomic mass is 32.2. The van der Waals surface area contributed by atoms with Gasteiger partial charge in [-0.25, -0.2) is 0 Å². The van der Waals surface area contributed by atoms with Crippen molar-refractivity contribution >= 4 is 35.9 Å². The Bertz CT molecular complexity index is 699. The van der Waals surface area contributed by atoms with Crippen molar-refractivity contribution in [2.24, 2.45) is 0 Å². The van der Waals surface area contributed by atoms with Crippen LogP contribution >= 0.6 is 11.8 Å². The summed E-state index contributed by atoms with van der Waals surface area (Å²) in [5.74, 6) is 0.411. The van der Waals surface area contributed by atoms with Crippen LogP contribution in [-0.4, -0.2) is 40.0 Å². The van der Waals surface area contributed by atoms with Crippen LogP contribution in [0.25, 0.3) is 6.08 Å². The highest BCUT2D eigenvalue weighted by Gasteiger charge is 2.52. The SMILES string of the molecule is CC(=O)SCC(=Cc1cncc(C(C)=O)c1)B1OC(C)(C)C(C)(C)O1. The third-order valence-electron chi connectivity index (χ3n) is 4.52. The number of hydrogen-bond donors (Lipinski definition) is 0. The van der Waals surface area contributed by atoms with Gasteiger partial charge in [0.1, 0.15) is 0 Å². The van der Waals surface area contributed by atoms with Gasteiger partial charge in [0.05, 0.1) is 11.2 Å². The van der Waals surface area contributed by atoms with Gasteiger partial charge in [-0.15, -0.1) is 0 Å². The fraction of sp³-hybridized carbons (Fsp3) is 0.500. The smallest absolute Gasteiger partial charge is 0.400 e. The van der Waals surface area contributed by atoms with Crippen LogP contribution in [0.5, 0.6) is 0 Å². The summed E-state index contributed by atoms with van der Waals surface area (Å²) in [5.41, 5.74) is 1.23. The van der Waals surface area contributed by atoms with Crippen molar-refractivity contribution in [1.82, 2.24) is 4.98 Å². The van der Waals surface area contributed by atoms with Crippen LogP contribution in [0.15, 0.2) is 23.9 Å². The van der Waals surface area contributed by atoms with Crippen molar-refractivity contribution in [2.45, 2.75) is 52.7 Å². The van der Waals surface area contributed by atoms with Crippen LogP contribution in [0.1, 0.15) is 57.5 Å². The molecule has 0 atom stereocenters. The fourth-order valence-corrected chi connectivity index (χ4v) is 2.89. The van der Waals surface area contributed by atoms with Crippen molar-refractivity contribution in [3.05, 3.63) is 35.1 Å². The molecule has 0 bridgehead atoms. The number of hydrogen-bond acceptors (Lipinski definition) is 6. The molecule has 0 aliphatic carbocycles. The monoisotopic (exact) mass is 361 g/mol. The molecular weight excluding hydrogens is 337 g/mol. The third-order valence-corrected chi connectivity index (χ3v) is 5.40. The predicted molar refractivity (Wildman–Crippen MR) is 101 cm³/mol. The number of carbonyl (C=O) groups is 2. The fourth-order valence-electron chi connectivity index (χ4n) is 2.30. The first-order chi connectivity index (χ1) is 11.5. The second-order valence-corrected chi connectivity index (χ2v) is 8.30. The summed E-state index contributed by atoms with van der Waals surface area (Å²) in [4.78, 5) is 27.1. The third kappa shape index (κ3) is 4.81. The number of rotatable bonds is 5. The number of pyridine rings is 1. The Morgan fingerprint density at radius 1 is 1.16 bits per heavy atom. The average molecular weight is 361 g/mol. The molecule has 1 aliphatic heterocycles. The molecule has 5 nitrogen and oxygen atoms in total. The number of Topliss-reactive ketones (excluding diaryl/α,β-unsaturated/α-hetero) is 1. The van der Waals surface area contributed by atoms with E-state index in [0.29, 0.717) is 11.3 Å². The normalized spacial score (nSPS) is 19.1. The Kier molecular flexibility index (Phi) is 5.91. The minimum absolute atomic E-state index is 0.0260. The first-order valence-corrected chi connectivity index (χ1v) is 9.16. The standard InChI is InChI=1S/C18H24BNO4S/c1-12(21)15-7-14(9-20-10-15)8-16(11-25-13(2)22)19-23-17(3,4)18(5,6)24-19/h7-10H,11H2,1-6H3. The molecule has 134 valence electrons. The van der Waals surface area contributed by atoms with Crippen LogP contribution in [0.4, 0.5) is 0 Å². The van der Waals surface area contributed by atoms with Crippen LogP contribution in [0, 0.1) is 0 Å². The van der Waals surface area contributed by atoms with E-state index in [9.17, 15) is 9.59 Å². The Morgan fingerprint density at radius 3 is 2.28 bits per heavy atom. The molecule has 0 radical (unpaired) electrons. The lowest BCUT2D eigenvalue weighted by Crippen LogP contribution is -2.41. The highest BCUT2D eigenvalue weighted by molar-refractivity contribution is 8.13. The van der Waals surface area contributed by atoms with Crippen LogP contribution in [-0.2, 0) is 14.1 Å². The van der Waals surface area contributed by atoms with Gasteiger partial charge in [-0.05, 0) is 51.7 Å². The lowest BCUT2D eigenvalue weighted by atomic mass is 9.78. The first kappa shape index (κ1) is 19.9. The predicted octanol–water partition coefficient (Wildman–Crippen LogP) is 3.58. The molecule has 0 aromatic carbocycles. The Hall–Kier alpha value is -1.44. The molecule has 1 fully saturated rings. The van der Waals surface area contributed by atoms with Gasteiger partial charge in [0.15, 0.2) is 10.9 Å². The lowest BCUT2D eigenvalue weighted by Gasteiger charge is -2.32. The zero-order valence-electron chi connectivity index (χ0n) is 15.6. The van der Waals surface area contributed by atoms with Crippen LogP contribution in [0.3, 0.4) is 0 Å². The van der Waals surface area contributed by atoms with E-state index in [1.54, 1.807) is 18.5 Å². The zero-order valence-corrected chi connectivity index (χ0v) is 16.4. The van der Waals surface area contributed by atoms with Crippen LogP contribution < -0.4 is 0 Å². The van der Waals surface area contributed by atoms with E-state index in [4.69, 9.17) is 9.31 Å². The van der Waals surface area contributed by atoms with Gasteiger partial charge in [-0.2, -0.15) is 0 Å². The van der Waals surface area contributed by atoms with E-state index in [-0.39, 0.29) is 10.9 Å². The quantitative estimate of drug-likeness (QED) is 0.590. The number of ketones is 1. The van der Waals surface area contributed by atoms with Crippen molar-refractivity contribution in [3.63, 3.8) is 0 Å². The summed E-state index contributed by atoms with van der Waals surface area (Å²) < 4.78 is 12.2. The Morgan fingerprint density at radius 2 is 1.76 bits per heavy atom. The second kappa shape index (κ2) is 7.44. The van der Waals surface area contributed by atoms with Gasteiger partial charge < -0.3 is 9.31 Å². The van der Waals surface area contributed by atoms with E-state index in [0.717, 1.165) is 11.0 Å². The molecule has 0 N–H and O–H groups in total. The summed E-state index contributed by atoms with van der Waals surface area (Å²) in [7, 11) is -0.544. The number of carbonyl (C=O) groups excluding carboxylic acids is 2. The van der Waals surface area contributed by atoms with E-state index < -0.39 is 18.3 Å². The molecular formula is C18H24BNO4S. The van der Waals surface area contributed by atoms with E-state index in [1.807, 2.05) is 33.8 Å². The van der Waals surface area contributed by atoms with Gasteiger partial charge in [-0.1, -0.05) is 17.8 Å². The topological polar surface area (TPSA) is 65.5 Å². The summed E-state index contributed by atoms with van der Waals surface area (Å²) in [5, 5.41) is 0.0260. The summed E-state index contributed by atoms with van der Waals surface area (Å²) in [6.45, 7) is 11.0. The molecule has 1 aliphatic rings. The maximum atomic E-state index is 11.6. The maximum Gasteiger partial charge on any atom is 0.491 e. The van der Waals surface area contributed by atoms with Gasteiger partial charge in [-0.3, -0.25) is 14.6 Å². The molecule has 1 aromatic heterocycles. The molecule has 2 rings (SSSR count). The molecule has 1 aromatic rings. The minimum Gasteiger partial charge on any atom is -0.400 e. The van der Waals surface area contributed by atoms with Gasteiger partial charge in [0.25, 0.3) is 0 Å². The van der Waals surface area contributed by atoms with Crippen LogP contribution in [0.2, 0.25) is 0 Å². The van der Waals surface area contributed by atoms with E-state index >= 15 is 0 Å². The number of nitrogens with zero attached hydrogens (tertiary/aromatic N) is 1. The van der Waals surface area contributed by atoms with Gasteiger partial charge in [0, 0.05) is 30.6 Å². The van der Waals surface area contributed by atoms with Gasteiger partial charge >= 0.3 is 7.12 Å². The van der Waals surface area contributed by atoms with Gasteiger partial charge in [0.2, 0.25) is 0 Å². The highest BCUT2D eigenvalue weighted by Crippen LogP contribution is 2.39. The summed E-state index contributed by atoms with van der Waals surface area (Å²) >= 11 is 1.20. The Labute approximate surface area is 153 Å². The van der Waals surface area contributed by atoms with Crippen molar-refractivity contribution in [1.29, 1.82) is 0 Å². The molecule has 2 heterocycles. The molecule has 0 saturated carbocycles. The summed E-state index contributed by atoms with van der Waals surface area (Å²) in [6, 6.07) is 1.78. The molecule has 1 saturated heterocycles. The molecule has 0 unspecified atom stereocenters. The Balaban J connectivity index is 2.35. The largest absolute Gasteiger partial charge is 0.491 e. The van der Waals surface area contributed by atoms with Crippen molar-refractivity contribution in [3.8, 4) is 0 Å². The van der Waals surface area contributed by atoms with E-state index in [1.165, 1.54) is 25.6 Å². The van der Waals surface area contributed by atoms with E-state index in [2.05, 4.69) is 4.98 Å². The second-order valence-electron chi connectivity index (χ2n) is 7.15. The molecule has 0 spiro atoms. The molecule has 25 heavy (non-hydrogen) atoms. The lowest BCUT2D eigenvalue weighted by molar-refractivity contribution is -0.109. The molecule has 0 amide bonds. The zero-order chi connectivity index (χ0) is 18.8. The van der Waals surface area contributed by atoms with Crippen molar-refractivity contribution in [2.75, 3.05) is 5.75 Å². The van der Waals surface area contributed by atoms with Crippen molar-refractivity contribution < 1.29 is 18.9 Å². The average Bonchev–Trinajstić information content (AvgIpc) is 2.71. The maximum absolute atomic E-state index is 11.6. The summed E-state index contributed by atoms with van der Waals surface area (Å²) in [6.07, 6.45) is 5.10. The number of aromatic nitrogens is 1. The molecule has 7 heteroatoms.